The molecule has 1 heterocycles. The van der Waals surface area contributed by atoms with Crippen LogP contribution in [0.5, 0.6) is 0 Å². The van der Waals surface area contributed by atoms with E-state index in [1.807, 2.05) is 24.3 Å². The normalized spacial score (nSPS) is 13.6. The maximum absolute atomic E-state index is 12.5. The molecule has 2 rings (SSSR count). The molecule has 0 radical (unpaired) electrons. The zero-order valence-corrected chi connectivity index (χ0v) is 15.8. The number of carbonyl (C=O) groups excluding carboxylic acids is 3. The summed E-state index contributed by atoms with van der Waals surface area (Å²) >= 11 is 0. The van der Waals surface area contributed by atoms with E-state index in [9.17, 15) is 19.5 Å². The highest BCUT2D eigenvalue weighted by atomic mass is 16.6. The largest absolute Gasteiger partial charge is 0.548 e. The number of aliphatic carboxylic acids is 1. The number of rotatable bonds is 6. The molecular weight excluding hydrogens is 350 g/mol. The number of carboxylic acid groups (broad SMARTS) is 1. The van der Waals surface area contributed by atoms with Crippen LogP contribution in [0, 0.1) is 0 Å². The number of hydrogen-bond donors (Lipinski definition) is 3. The van der Waals surface area contributed by atoms with Crippen molar-refractivity contribution in [3.05, 3.63) is 36.0 Å². The van der Waals surface area contributed by atoms with Gasteiger partial charge in [0.25, 0.3) is 0 Å². The third-order valence-corrected chi connectivity index (χ3v) is 3.82. The fraction of sp³-hybridized carbons (Fsp3) is 0.421. The highest BCUT2D eigenvalue weighted by Gasteiger charge is 2.26. The molecule has 8 heteroatoms. The lowest BCUT2D eigenvalue weighted by molar-refractivity contribution is -0.307. The lowest BCUT2D eigenvalue weighted by Crippen LogP contribution is -2.54. The fourth-order valence-electron chi connectivity index (χ4n) is 2.55. The Morgan fingerprint density at radius 2 is 1.85 bits per heavy atom. The third kappa shape index (κ3) is 5.73. The van der Waals surface area contributed by atoms with Gasteiger partial charge in [-0.3, -0.25) is 4.79 Å². The fourth-order valence-corrected chi connectivity index (χ4v) is 2.55. The predicted octanol–water partition coefficient (Wildman–Crippen LogP) is 0.858. The molecule has 0 aliphatic carbocycles. The number of nitrogens with one attached hydrogen (secondary N) is 3. The van der Waals surface area contributed by atoms with Crippen molar-refractivity contribution in [1.29, 1.82) is 0 Å². The lowest BCUT2D eigenvalue weighted by atomic mass is 10.0. The van der Waals surface area contributed by atoms with Crippen LogP contribution in [0.3, 0.4) is 0 Å². The smallest absolute Gasteiger partial charge is 0.408 e. The second-order valence-corrected chi connectivity index (χ2v) is 7.31. The van der Waals surface area contributed by atoms with Crippen molar-refractivity contribution in [3.63, 3.8) is 0 Å². The van der Waals surface area contributed by atoms with Crippen molar-refractivity contribution in [3.8, 4) is 0 Å². The van der Waals surface area contributed by atoms with Gasteiger partial charge in [0.1, 0.15) is 11.6 Å². The first-order chi connectivity index (χ1) is 12.6. The third-order valence-electron chi connectivity index (χ3n) is 3.82. The zero-order chi connectivity index (χ0) is 20.2. The summed E-state index contributed by atoms with van der Waals surface area (Å²) in [4.78, 5) is 38.7. The van der Waals surface area contributed by atoms with Gasteiger partial charge in [-0.2, -0.15) is 0 Å². The highest BCUT2D eigenvalue weighted by molar-refractivity contribution is 5.90. The van der Waals surface area contributed by atoms with Crippen LogP contribution in [0.4, 0.5) is 4.79 Å². The number of aromatic nitrogens is 1. The average Bonchev–Trinajstić information content (AvgIpc) is 2.95. The molecule has 0 saturated heterocycles. The minimum atomic E-state index is -1.41. The van der Waals surface area contributed by atoms with Crippen molar-refractivity contribution in [2.45, 2.75) is 51.8 Å². The van der Waals surface area contributed by atoms with Crippen molar-refractivity contribution >= 4 is 28.9 Å². The molecule has 0 saturated carbocycles. The summed E-state index contributed by atoms with van der Waals surface area (Å²) in [7, 11) is 0. The van der Waals surface area contributed by atoms with E-state index in [4.69, 9.17) is 4.74 Å². The van der Waals surface area contributed by atoms with E-state index in [0.29, 0.717) is 0 Å². The molecule has 2 atom stereocenters. The Labute approximate surface area is 157 Å². The minimum absolute atomic E-state index is 0.162. The first-order valence-electron chi connectivity index (χ1n) is 8.62. The molecule has 2 aromatic rings. The van der Waals surface area contributed by atoms with Gasteiger partial charge in [0.05, 0.1) is 12.0 Å². The second-order valence-electron chi connectivity index (χ2n) is 7.31. The summed E-state index contributed by atoms with van der Waals surface area (Å²) in [5.41, 5.74) is 0.972. The SMILES string of the molecule is C[C@@H](NC(=O)[C@@H](Cc1c[nH]c2ccccc12)NC(=O)OC(C)(C)C)C(=O)[O-]. The van der Waals surface area contributed by atoms with E-state index in [-0.39, 0.29) is 6.42 Å². The molecule has 27 heavy (non-hydrogen) atoms. The molecule has 0 fully saturated rings. The Kier molecular flexibility index (Phi) is 6.09. The number of benzene rings is 1. The number of fused-ring (bicyclic) bond motifs is 1. The Morgan fingerprint density at radius 1 is 1.19 bits per heavy atom. The van der Waals surface area contributed by atoms with Crippen LogP contribution in [0.25, 0.3) is 10.9 Å². The van der Waals surface area contributed by atoms with Crippen LogP contribution in [-0.4, -0.2) is 40.6 Å². The van der Waals surface area contributed by atoms with Crippen molar-refractivity contribution in [1.82, 2.24) is 15.6 Å². The summed E-state index contributed by atoms with van der Waals surface area (Å²) in [5.74, 6) is -2.05. The van der Waals surface area contributed by atoms with Crippen LogP contribution in [0.2, 0.25) is 0 Å². The maximum atomic E-state index is 12.5. The average molecular weight is 374 g/mol. The number of aromatic amines is 1. The van der Waals surface area contributed by atoms with Gasteiger partial charge >= 0.3 is 6.09 Å². The number of H-pyrrole nitrogens is 1. The highest BCUT2D eigenvalue weighted by Crippen LogP contribution is 2.19. The molecular formula is C19H24N3O5-. The number of carbonyl (C=O) groups is 3. The maximum Gasteiger partial charge on any atom is 0.408 e. The Balaban J connectivity index is 2.21. The molecule has 146 valence electrons. The summed E-state index contributed by atoms with van der Waals surface area (Å²) in [6, 6.07) is 5.34. The molecule has 0 spiro atoms. The van der Waals surface area contributed by atoms with E-state index in [1.165, 1.54) is 6.92 Å². The van der Waals surface area contributed by atoms with Crippen molar-refractivity contribution in [2.24, 2.45) is 0 Å². The number of para-hydroxylation sites is 1. The first kappa shape index (κ1) is 20.3. The number of amides is 2. The van der Waals surface area contributed by atoms with Crippen LogP contribution < -0.4 is 15.7 Å². The van der Waals surface area contributed by atoms with Crippen LogP contribution in [0.15, 0.2) is 30.5 Å². The number of ether oxygens (including phenoxy) is 1. The molecule has 2 amide bonds. The minimum Gasteiger partial charge on any atom is -0.548 e. The molecule has 0 unspecified atom stereocenters. The molecule has 3 N–H and O–H groups in total. The summed E-state index contributed by atoms with van der Waals surface area (Å²) in [6.45, 7) is 6.42. The van der Waals surface area contributed by atoms with Gasteiger partial charge in [-0.15, -0.1) is 0 Å². The summed E-state index contributed by atoms with van der Waals surface area (Å²) in [6.07, 6.45) is 1.15. The van der Waals surface area contributed by atoms with Crippen LogP contribution in [-0.2, 0) is 20.7 Å². The van der Waals surface area contributed by atoms with E-state index in [1.54, 1.807) is 27.0 Å². The predicted molar refractivity (Wildman–Crippen MR) is 97.8 cm³/mol. The number of carboxylic acids is 1. The summed E-state index contributed by atoms with van der Waals surface area (Å²) in [5, 5.41) is 16.7. The Morgan fingerprint density at radius 3 is 2.48 bits per heavy atom. The van der Waals surface area contributed by atoms with Crippen molar-refractivity contribution in [2.75, 3.05) is 0 Å². The Hall–Kier alpha value is -3.03. The van der Waals surface area contributed by atoms with Gasteiger partial charge in [0.15, 0.2) is 0 Å². The van der Waals surface area contributed by atoms with Gasteiger partial charge in [-0.25, -0.2) is 4.79 Å². The molecule has 0 bridgehead atoms. The molecule has 8 nitrogen and oxygen atoms in total. The van der Waals surface area contributed by atoms with Crippen molar-refractivity contribution < 1.29 is 24.2 Å². The van der Waals surface area contributed by atoms with Crippen LogP contribution in [0.1, 0.15) is 33.3 Å². The van der Waals surface area contributed by atoms with Gasteiger partial charge < -0.3 is 30.3 Å². The quantitative estimate of drug-likeness (QED) is 0.692. The van der Waals surface area contributed by atoms with E-state index >= 15 is 0 Å². The van der Waals surface area contributed by atoms with E-state index in [2.05, 4.69) is 15.6 Å². The number of hydrogen-bond acceptors (Lipinski definition) is 5. The second kappa shape index (κ2) is 8.11. The van der Waals surface area contributed by atoms with E-state index in [0.717, 1.165) is 16.5 Å². The van der Waals surface area contributed by atoms with Gasteiger partial charge in [-0.1, -0.05) is 18.2 Å². The molecule has 0 aliphatic rings. The zero-order valence-electron chi connectivity index (χ0n) is 15.8. The van der Waals surface area contributed by atoms with Gasteiger partial charge in [0.2, 0.25) is 5.91 Å². The molecule has 1 aromatic heterocycles. The van der Waals surface area contributed by atoms with E-state index < -0.39 is 35.7 Å². The number of alkyl carbamates (subject to hydrolysis) is 1. The van der Waals surface area contributed by atoms with Gasteiger partial charge in [-0.05, 0) is 39.3 Å². The standard InChI is InChI=1S/C19H25N3O5/c1-11(17(24)25)21-16(23)15(22-18(26)27-19(2,3)4)9-12-10-20-14-8-6-5-7-13(12)14/h5-8,10-11,15,20H,9H2,1-4H3,(H,21,23)(H,22,26)(H,24,25)/p-1/t11-,15-/m1/s1. The lowest BCUT2D eigenvalue weighted by Gasteiger charge is -2.24. The first-order valence-corrected chi connectivity index (χ1v) is 8.62. The van der Waals surface area contributed by atoms with Crippen LogP contribution >= 0.6 is 0 Å². The molecule has 1 aromatic carbocycles. The van der Waals surface area contributed by atoms with Gasteiger partial charge in [0, 0.05) is 23.5 Å². The monoisotopic (exact) mass is 374 g/mol. The Bertz CT molecular complexity index is 837. The summed E-state index contributed by atoms with van der Waals surface area (Å²) < 4.78 is 5.21. The topological polar surface area (TPSA) is 123 Å². The molecule has 0 aliphatic heterocycles.